The molecule has 1 saturated heterocycles. The molecule has 2 heterocycles. The van der Waals surface area contributed by atoms with Gasteiger partial charge >= 0.3 is 0 Å². The van der Waals surface area contributed by atoms with E-state index in [0.717, 1.165) is 42.3 Å². The summed E-state index contributed by atoms with van der Waals surface area (Å²) in [5, 5.41) is 11.0. The first-order valence-electron chi connectivity index (χ1n) is 9.15. The SMILES string of the molecule is CCNC(=NCc1ccnn1C)NCC1CCN(c2cccc(Br)c2)C1. The molecular weight excluding hydrogens is 392 g/mol. The van der Waals surface area contributed by atoms with Gasteiger partial charge < -0.3 is 15.5 Å². The van der Waals surface area contributed by atoms with Gasteiger partial charge in [0.2, 0.25) is 0 Å². The van der Waals surface area contributed by atoms with Gasteiger partial charge in [0, 0.05) is 49.6 Å². The Hall–Kier alpha value is -2.02. The summed E-state index contributed by atoms with van der Waals surface area (Å²) in [6.45, 7) is 6.68. The predicted octanol–water partition coefficient (Wildman–Crippen LogP) is 2.76. The number of anilines is 1. The van der Waals surface area contributed by atoms with Crippen LogP contribution in [0.5, 0.6) is 0 Å². The molecular formula is C19H27BrN6. The van der Waals surface area contributed by atoms with Crippen LogP contribution in [0.4, 0.5) is 5.69 Å². The molecule has 3 rings (SSSR count). The van der Waals surface area contributed by atoms with E-state index in [-0.39, 0.29) is 0 Å². The van der Waals surface area contributed by atoms with Gasteiger partial charge in [-0.2, -0.15) is 5.10 Å². The number of nitrogens with zero attached hydrogens (tertiary/aromatic N) is 4. The number of benzene rings is 1. The molecule has 1 fully saturated rings. The smallest absolute Gasteiger partial charge is 0.191 e. The maximum atomic E-state index is 4.68. The van der Waals surface area contributed by atoms with Gasteiger partial charge in [-0.3, -0.25) is 4.68 Å². The van der Waals surface area contributed by atoms with Crippen molar-refractivity contribution >= 4 is 27.6 Å². The Kier molecular flexibility index (Phi) is 6.55. The number of hydrogen-bond acceptors (Lipinski definition) is 3. The molecule has 0 saturated carbocycles. The Bertz CT molecular complexity index is 741. The van der Waals surface area contributed by atoms with Crippen LogP contribution in [-0.4, -0.2) is 41.9 Å². The molecule has 140 valence electrons. The normalized spacial score (nSPS) is 17.6. The molecule has 7 heteroatoms. The summed E-state index contributed by atoms with van der Waals surface area (Å²) in [5.74, 6) is 1.49. The monoisotopic (exact) mass is 418 g/mol. The van der Waals surface area contributed by atoms with Gasteiger partial charge in [0.25, 0.3) is 0 Å². The second-order valence-electron chi connectivity index (χ2n) is 6.60. The summed E-state index contributed by atoms with van der Waals surface area (Å²) in [5.41, 5.74) is 2.39. The van der Waals surface area contributed by atoms with Gasteiger partial charge in [0.1, 0.15) is 0 Å². The Balaban J connectivity index is 1.52. The van der Waals surface area contributed by atoms with Crippen LogP contribution in [0, 0.1) is 5.92 Å². The zero-order valence-electron chi connectivity index (χ0n) is 15.5. The summed E-state index contributed by atoms with van der Waals surface area (Å²) < 4.78 is 2.99. The molecule has 26 heavy (non-hydrogen) atoms. The lowest BCUT2D eigenvalue weighted by Crippen LogP contribution is -2.40. The van der Waals surface area contributed by atoms with Crippen LogP contribution in [0.15, 0.2) is 46.0 Å². The highest BCUT2D eigenvalue weighted by atomic mass is 79.9. The molecule has 1 aliphatic heterocycles. The first kappa shape index (κ1) is 18.8. The summed E-state index contributed by atoms with van der Waals surface area (Å²) in [4.78, 5) is 7.14. The molecule has 1 aliphatic rings. The quantitative estimate of drug-likeness (QED) is 0.559. The highest BCUT2D eigenvalue weighted by Crippen LogP contribution is 2.25. The van der Waals surface area contributed by atoms with Gasteiger partial charge in [0.15, 0.2) is 5.96 Å². The van der Waals surface area contributed by atoms with Crippen LogP contribution in [-0.2, 0) is 13.6 Å². The van der Waals surface area contributed by atoms with Crippen molar-refractivity contribution in [3.63, 3.8) is 0 Å². The molecule has 0 spiro atoms. The zero-order valence-corrected chi connectivity index (χ0v) is 17.0. The van der Waals surface area contributed by atoms with Crippen LogP contribution < -0.4 is 15.5 Å². The summed E-state index contributed by atoms with van der Waals surface area (Å²) in [7, 11) is 1.94. The minimum atomic E-state index is 0.620. The highest BCUT2D eigenvalue weighted by Gasteiger charge is 2.22. The van der Waals surface area contributed by atoms with Crippen LogP contribution in [0.1, 0.15) is 19.0 Å². The van der Waals surface area contributed by atoms with Gasteiger partial charge in [-0.25, -0.2) is 4.99 Å². The third kappa shape index (κ3) is 5.00. The topological polar surface area (TPSA) is 57.5 Å². The molecule has 1 aromatic heterocycles. The lowest BCUT2D eigenvalue weighted by molar-refractivity contribution is 0.565. The summed E-state index contributed by atoms with van der Waals surface area (Å²) in [6, 6.07) is 10.5. The lowest BCUT2D eigenvalue weighted by Gasteiger charge is -2.19. The molecule has 2 N–H and O–H groups in total. The first-order valence-corrected chi connectivity index (χ1v) is 9.94. The van der Waals surface area contributed by atoms with Crippen molar-refractivity contribution in [2.24, 2.45) is 18.0 Å². The standard InChI is InChI=1S/C19H27BrN6/c1-3-21-19(23-13-18-7-9-24-25(18)2)22-12-15-8-10-26(14-15)17-6-4-5-16(20)11-17/h4-7,9,11,15H,3,8,10,12-14H2,1-2H3,(H2,21,22,23). The average Bonchev–Trinajstić information content (AvgIpc) is 3.26. The number of guanidine groups is 1. The number of rotatable bonds is 6. The van der Waals surface area contributed by atoms with E-state index >= 15 is 0 Å². The van der Waals surface area contributed by atoms with Crippen molar-refractivity contribution in [1.82, 2.24) is 20.4 Å². The van der Waals surface area contributed by atoms with Gasteiger partial charge in [-0.15, -0.1) is 0 Å². The zero-order chi connectivity index (χ0) is 18.4. The van der Waals surface area contributed by atoms with Crippen molar-refractivity contribution in [2.45, 2.75) is 19.9 Å². The van der Waals surface area contributed by atoms with Gasteiger partial charge in [0.05, 0.1) is 12.2 Å². The fourth-order valence-corrected chi connectivity index (χ4v) is 3.59. The average molecular weight is 419 g/mol. The summed E-state index contributed by atoms with van der Waals surface area (Å²) in [6.07, 6.45) is 3.00. The van der Waals surface area contributed by atoms with E-state index < -0.39 is 0 Å². The maximum Gasteiger partial charge on any atom is 0.191 e. The fourth-order valence-electron chi connectivity index (χ4n) is 3.21. The molecule has 0 bridgehead atoms. The second-order valence-corrected chi connectivity index (χ2v) is 7.52. The molecule has 1 atom stereocenters. The molecule has 1 aromatic carbocycles. The number of aryl methyl sites for hydroxylation is 1. The highest BCUT2D eigenvalue weighted by molar-refractivity contribution is 9.10. The largest absolute Gasteiger partial charge is 0.371 e. The fraction of sp³-hybridized carbons (Fsp3) is 0.474. The lowest BCUT2D eigenvalue weighted by atomic mass is 10.1. The number of nitrogens with one attached hydrogen (secondary N) is 2. The van der Waals surface area contributed by atoms with Crippen molar-refractivity contribution in [3.8, 4) is 0 Å². The summed E-state index contributed by atoms with van der Waals surface area (Å²) >= 11 is 3.56. The number of hydrogen-bond donors (Lipinski definition) is 2. The predicted molar refractivity (Wildman–Crippen MR) is 110 cm³/mol. The minimum absolute atomic E-state index is 0.620. The van der Waals surface area contributed by atoms with E-state index in [0.29, 0.717) is 12.5 Å². The maximum absolute atomic E-state index is 4.68. The molecule has 0 amide bonds. The van der Waals surface area contributed by atoms with Crippen LogP contribution >= 0.6 is 15.9 Å². The van der Waals surface area contributed by atoms with E-state index in [4.69, 9.17) is 0 Å². The third-order valence-electron chi connectivity index (χ3n) is 4.68. The first-order chi connectivity index (χ1) is 12.7. The van der Waals surface area contributed by atoms with E-state index in [1.807, 2.05) is 17.8 Å². The number of aromatic nitrogens is 2. The Morgan fingerprint density at radius 2 is 2.23 bits per heavy atom. The second kappa shape index (κ2) is 9.07. The van der Waals surface area contributed by atoms with Crippen molar-refractivity contribution in [2.75, 3.05) is 31.1 Å². The Morgan fingerprint density at radius 1 is 1.35 bits per heavy atom. The van der Waals surface area contributed by atoms with E-state index in [9.17, 15) is 0 Å². The van der Waals surface area contributed by atoms with E-state index in [1.165, 1.54) is 12.1 Å². The molecule has 6 nitrogen and oxygen atoms in total. The minimum Gasteiger partial charge on any atom is -0.371 e. The molecule has 1 unspecified atom stereocenters. The molecule has 2 aromatic rings. The van der Waals surface area contributed by atoms with Crippen LogP contribution in [0.3, 0.4) is 0 Å². The number of halogens is 1. The van der Waals surface area contributed by atoms with Crippen LogP contribution in [0.2, 0.25) is 0 Å². The van der Waals surface area contributed by atoms with E-state index in [1.54, 1.807) is 6.20 Å². The van der Waals surface area contributed by atoms with Crippen LogP contribution in [0.25, 0.3) is 0 Å². The van der Waals surface area contributed by atoms with E-state index in [2.05, 4.69) is 72.7 Å². The number of aliphatic imine (C=N–C) groups is 1. The van der Waals surface area contributed by atoms with Crippen molar-refractivity contribution in [3.05, 3.63) is 46.7 Å². The van der Waals surface area contributed by atoms with Gasteiger partial charge in [-0.1, -0.05) is 22.0 Å². The molecule has 0 aliphatic carbocycles. The van der Waals surface area contributed by atoms with Crippen molar-refractivity contribution in [1.29, 1.82) is 0 Å². The molecule has 0 radical (unpaired) electrons. The third-order valence-corrected chi connectivity index (χ3v) is 5.18. The van der Waals surface area contributed by atoms with Crippen molar-refractivity contribution < 1.29 is 0 Å². The van der Waals surface area contributed by atoms with Gasteiger partial charge in [-0.05, 0) is 43.5 Å². The Labute approximate surface area is 163 Å². The Morgan fingerprint density at radius 3 is 2.96 bits per heavy atom.